The molecule has 1 N–H and O–H groups in total. The average Bonchev–Trinajstić information content (AvgIpc) is 2.25. The molecule has 90 valence electrons. The highest BCUT2D eigenvalue weighted by Gasteiger charge is 2.09. The van der Waals surface area contributed by atoms with Crippen molar-refractivity contribution >= 4 is 28.1 Å². The lowest BCUT2D eigenvalue weighted by molar-refractivity contribution is 0.116. The zero-order valence-electron chi connectivity index (χ0n) is 9.54. The number of aromatic nitrogens is 2. The van der Waals surface area contributed by atoms with E-state index in [1.165, 1.54) is 0 Å². The minimum atomic E-state index is 0.106. The van der Waals surface area contributed by atoms with Crippen molar-refractivity contribution in [3.8, 4) is 0 Å². The van der Waals surface area contributed by atoms with Gasteiger partial charge in [-0.25, -0.2) is 4.98 Å². The minimum Gasteiger partial charge on any atom is -0.381 e. The SMILES string of the molecule is COCc1[nH]c(CC(C)OC)nc(=S)c1Br. The van der Waals surface area contributed by atoms with Crippen LogP contribution in [0.5, 0.6) is 0 Å². The number of hydrogen-bond donors (Lipinski definition) is 1. The van der Waals surface area contributed by atoms with Gasteiger partial charge in [0.05, 0.1) is 22.9 Å². The largest absolute Gasteiger partial charge is 0.381 e. The maximum atomic E-state index is 5.19. The first-order valence-corrected chi connectivity index (χ1v) is 6.08. The quantitative estimate of drug-likeness (QED) is 0.850. The van der Waals surface area contributed by atoms with Crippen LogP contribution in [0.3, 0.4) is 0 Å². The van der Waals surface area contributed by atoms with Crippen molar-refractivity contribution in [1.29, 1.82) is 0 Å². The topological polar surface area (TPSA) is 47.1 Å². The number of nitrogens with one attached hydrogen (secondary N) is 1. The van der Waals surface area contributed by atoms with Gasteiger partial charge in [0.15, 0.2) is 0 Å². The molecule has 0 aliphatic heterocycles. The van der Waals surface area contributed by atoms with Gasteiger partial charge in [-0.15, -0.1) is 0 Å². The number of ether oxygens (including phenoxy) is 2. The van der Waals surface area contributed by atoms with E-state index in [1.54, 1.807) is 14.2 Å². The van der Waals surface area contributed by atoms with E-state index < -0.39 is 0 Å². The predicted octanol–water partition coefficient (Wildman–Crippen LogP) is 2.63. The van der Waals surface area contributed by atoms with Crippen molar-refractivity contribution in [2.45, 2.75) is 26.1 Å². The molecule has 0 radical (unpaired) electrons. The number of rotatable bonds is 5. The summed E-state index contributed by atoms with van der Waals surface area (Å²) in [7, 11) is 3.31. The number of H-pyrrole nitrogens is 1. The third-order valence-electron chi connectivity index (χ3n) is 2.16. The first-order chi connectivity index (χ1) is 7.58. The summed E-state index contributed by atoms with van der Waals surface area (Å²) in [5.74, 6) is 0.814. The Morgan fingerprint density at radius 2 is 2.19 bits per heavy atom. The van der Waals surface area contributed by atoms with Crippen LogP contribution in [0.2, 0.25) is 0 Å². The number of hydrogen-bond acceptors (Lipinski definition) is 4. The summed E-state index contributed by atoms with van der Waals surface area (Å²) in [6.45, 7) is 2.46. The Morgan fingerprint density at radius 1 is 1.50 bits per heavy atom. The Hall–Kier alpha value is -0.300. The number of nitrogens with zero attached hydrogens (tertiary/aromatic N) is 1. The number of methoxy groups -OCH3 is 2. The first kappa shape index (κ1) is 13.8. The molecule has 1 heterocycles. The van der Waals surface area contributed by atoms with E-state index in [1.807, 2.05) is 6.92 Å². The summed E-state index contributed by atoms with van der Waals surface area (Å²) in [4.78, 5) is 7.47. The van der Waals surface area contributed by atoms with Crippen molar-refractivity contribution in [3.63, 3.8) is 0 Å². The van der Waals surface area contributed by atoms with Crippen LogP contribution in [0.4, 0.5) is 0 Å². The lowest BCUT2D eigenvalue weighted by Gasteiger charge is -2.11. The molecular weight excluding hydrogens is 292 g/mol. The molecule has 0 amide bonds. The highest BCUT2D eigenvalue weighted by atomic mass is 79.9. The Morgan fingerprint density at radius 3 is 2.75 bits per heavy atom. The highest BCUT2D eigenvalue weighted by Crippen LogP contribution is 2.17. The number of aromatic amines is 1. The predicted molar refractivity (Wildman–Crippen MR) is 68.0 cm³/mol. The summed E-state index contributed by atoms with van der Waals surface area (Å²) in [6, 6.07) is 0. The van der Waals surface area contributed by atoms with E-state index in [4.69, 9.17) is 21.7 Å². The van der Waals surface area contributed by atoms with Crippen LogP contribution in [0.15, 0.2) is 4.47 Å². The van der Waals surface area contributed by atoms with Gasteiger partial charge >= 0.3 is 0 Å². The molecule has 0 saturated heterocycles. The van der Waals surface area contributed by atoms with E-state index in [0.29, 0.717) is 17.7 Å². The minimum absolute atomic E-state index is 0.106. The molecule has 16 heavy (non-hydrogen) atoms. The van der Waals surface area contributed by atoms with Gasteiger partial charge in [-0.05, 0) is 22.9 Å². The van der Waals surface area contributed by atoms with E-state index in [-0.39, 0.29) is 6.10 Å². The van der Waals surface area contributed by atoms with Crippen LogP contribution in [0.25, 0.3) is 0 Å². The Balaban J connectivity index is 2.99. The third-order valence-corrected chi connectivity index (χ3v) is 3.57. The standard InChI is InChI=1S/C10H15BrN2O2S/c1-6(15-3)4-8-12-7(5-14-2)9(11)10(16)13-8/h6H,4-5H2,1-3H3,(H,12,13,16). The van der Waals surface area contributed by atoms with Gasteiger partial charge in [0, 0.05) is 20.6 Å². The summed E-state index contributed by atoms with van der Waals surface area (Å²) in [5.41, 5.74) is 0.904. The average molecular weight is 307 g/mol. The molecule has 1 aromatic heterocycles. The zero-order valence-corrected chi connectivity index (χ0v) is 11.9. The Bertz CT molecular complexity index is 408. The Labute approximate surface area is 109 Å². The second-order valence-corrected chi connectivity index (χ2v) is 4.64. The molecule has 0 bridgehead atoms. The second-order valence-electron chi connectivity index (χ2n) is 3.46. The van der Waals surface area contributed by atoms with Gasteiger partial charge in [-0.3, -0.25) is 0 Å². The maximum Gasteiger partial charge on any atom is 0.144 e. The van der Waals surface area contributed by atoms with E-state index in [9.17, 15) is 0 Å². The zero-order chi connectivity index (χ0) is 12.1. The van der Waals surface area contributed by atoms with Gasteiger partial charge in [-0.2, -0.15) is 0 Å². The summed E-state index contributed by atoms with van der Waals surface area (Å²) < 4.78 is 11.6. The van der Waals surface area contributed by atoms with Crippen LogP contribution in [0.1, 0.15) is 18.4 Å². The van der Waals surface area contributed by atoms with Crippen LogP contribution in [0, 0.1) is 4.64 Å². The molecule has 1 unspecified atom stereocenters. The van der Waals surface area contributed by atoms with Gasteiger partial charge in [0.25, 0.3) is 0 Å². The summed E-state index contributed by atoms with van der Waals surface area (Å²) in [6.07, 6.45) is 0.805. The third kappa shape index (κ3) is 3.62. The number of halogens is 1. The lowest BCUT2D eigenvalue weighted by Crippen LogP contribution is -2.13. The van der Waals surface area contributed by atoms with Crippen LogP contribution < -0.4 is 0 Å². The molecule has 0 spiro atoms. The van der Waals surface area contributed by atoms with Gasteiger partial charge in [-0.1, -0.05) is 12.2 Å². The van der Waals surface area contributed by atoms with E-state index >= 15 is 0 Å². The molecular formula is C10H15BrN2O2S. The molecule has 1 rings (SSSR count). The second kappa shape index (κ2) is 6.44. The molecule has 4 nitrogen and oxygen atoms in total. The molecule has 1 aromatic rings. The molecule has 0 aromatic carbocycles. The normalized spacial score (nSPS) is 12.8. The van der Waals surface area contributed by atoms with Crippen LogP contribution in [-0.2, 0) is 22.5 Å². The smallest absolute Gasteiger partial charge is 0.144 e. The molecule has 6 heteroatoms. The van der Waals surface area contributed by atoms with Gasteiger partial charge in [0.2, 0.25) is 0 Å². The van der Waals surface area contributed by atoms with Crippen molar-refractivity contribution < 1.29 is 9.47 Å². The van der Waals surface area contributed by atoms with E-state index in [2.05, 4.69) is 25.9 Å². The summed E-state index contributed by atoms with van der Waals surface area (Å²) >= 11 is 8.55. The monoisotopic (exact) mass is 306 g/mol. The van der Waals surface area contributed by atoms with Crippen LogP contribution in [-0.4, -0.2) is 30.3 Å². The van der Waals surface area contributed by atoms with Crippen molar-refractivity contribution in [2.75, 3.05) is 14.2 Å². The van der Waals surface area contributed by atoms with Crippen LogP contribution >= 0.6 is 28.1 Å². The van der Waals surface area contributed by atoms with Gasteiger partial charge in [0.1, 0.15) is 10.5 Å². The van der Waals surface area contributed by atoms with E-state index in [0.717, 1.165) is 16.0 Å². The highest BCUT2D eigenvalue weighted by molar-refractivity contribution is 9.10. The van der Waals surface area contributed by atoms with Crippen molar-refractivity contribution in [3.05, 3.63) is 20.6 Å². The maximum absolute atomic E-state index is 5.19. The fraction of sp³-hybridized carbons (Fsp3) is 0.600. The first-order valence-electron chi connectivity index (χ1n) is 4.87. The van der Waals surface area contributed by atoms with Crippen molar-refractivity contribution in [1.82, 2.24) is 9.97 Å². The van der Waals surface area contributed by atoms with Gasteiger partial charge < -0.3 is 14.5 Å². The molecule has 0 fully saturated rings. The molecule has 0 aliphatic carbocycles. The van der Waals surface area contributed by atoms with Crippen molar-refractivity contribution in [2.24, 2.45) is 0 Å². The summed E-state index contributed by atoms with van der Waals surface area (Å²) in [5, 5.41) is 0. The Kier molecular flexibility index (Phi) is 5.54. The lowest BCUT2D eigenvalue weighted by atomic mass is 10.2. The molecule has 0 saturated carbocycles. The molecule has 0 aliphatic rings. The fourth-order valence-electron chi connectivity index (χ4n) is 1.25. The fourth-order valence-corrected chi connectivity index (χ4v) is 1.79. The molecule has 1 atom stereocenters.